The van der Waals surface area contributed by atoms with Crippen molar-refractivity contribution in [1.29, 1.82) is 0 Å². The van der Waals surface area contributed by atoms with Crippen LogP contribution in [0.1, 0.15) is 26.3 Å². The van der Waals surface area contributed by atoms with Crippen molar-refractivity contribution >= 4 is 18.0 Å². The zero-order valence-electron chi connectivity index (χ0n) is 14.6. The molecule has 0 aliphatic rings. The molecule has 0 atom stereocenters. The van der Waals surface area contributed by atoms with Gasteiger partial charge in [-0.1, -0.05) is 39.0 Å². The maximum absolute atomic E-state index is 12.3. The first kappa shape index (κ1) is 18.1. The Morgan fingerprint density at radius 3 is 2.54 bits per heavy atom. The van der Waals surface area contributed by atoms with E-state index in [0.29, 0.717) is 16.7 Å². The Morgan fingerprint density at radius 2 is 1.88 bits per heavy atom. The highest BCUT2D eigenvalue weighted by atomic mass is 32.2. The van der Waals surface area contributed by atoms with E-state index in [1.807, 2.05) is 24.3 Å². The number of pyridine rings is 1. The van der Waals surface area contributed by atoms with Crippen LogP contribution in [0.2, 0.25) is 0 Å². The van der Waals surface area contributed by atoms with Crippen LogP contribution in [0.15, 0.2) is 47.5 Å². The van der Waals surface area contributed by atoms with Gasteiger partial charge in [-0.15, -0.1) is 0 Å². The number of aromatic nitrogens is 1. The van der Waals surface area contributed by atoms with Crippen molar-refractivity contribution in [1.82, 2.24) is 9.29 Å². The molecule has 0 fully saturated rings. The summed E-state index contributed by atoms with van der Waals surface area (Å²) in [5.41, 5.74) is 1.10. The van der Waals surface area contributed by atoms with Crippen molar-refractivity contribution in [3.05, 3.63) is 48.0 Å². The molecule has 2 aromatic rings. The van der Waals surface area contributed by atoms with Crippen LogP contribution >= 0.6 is 11.9 Å². The lowest BCUT2D eigenvalue weighted by molar-refractivity contribution is 0.187. The van der Waals surface area contributed by atoms with Gasteiger partial charge in [-0.05, 0) is 29.2 Å². The second kappa shape index (κ2) is 7.57. The fourth-order valence-electron chi connectivity index (χ4n) is 1.93. The normalized spacial score (nSPS) is 11.0. The molecule has 1 aromatic carbocycles. The number of ether oxygens (including phenoxy) is 2. The van der Waals surface area contributed by atoms with Gasteiger partial charge in [0.2, 0.25) is 5.88 Å². The molecule has 6 heteroatoms. The van der Waals surface area contributed by atoms with Gasteiger partial charge in [0.25, 0.3) is 0 Å². The molecule has 0 unspecified atom stereocenters. The van der Waals surface area contributed by atoms with E-state index in [9.17, 15) is 4.79 Å². The van der Waals surface area contributed by atoms with Crippen LogP contribution in [-0.4, -0.2) is 29.5 Å². The summed E-state index contributed by atoms with van der Waals surface area (Å²) in [5.74, 6) is 1.03. The molecule has 0 N–H and O–H groups in total. The van der Waals surface area contributed by atoms with Crippen LogP contribution in [0.25, 0.3) is 0 Å². The summed E-state index contributed by atoms with van der Waals surface area (Å²) < 4.78 is 11.9. The summed E-state index contributed by atoms with van der Waals surface area (Å²) in [5, 5.41) is 0.650. The first-order valence-corrected chi connectivity index (χ1v) is 8.32. The number of nitrogens with zero attached hydrogens (tertiary/aromatic N) is 2. The van der Waals surface area contributed by atoms with Gasteiger partial charge in [0.15, 0.2) is 0 Å². The number of carbonyl (C=O) groups excluding carboxylic acids is 1. The maximum Gasteiger partial charge on any atom is 0.425 e. The summed E-state index contributed by atoms with van der Waals surface area (Å²) in [6.07, 6.45) is -0.462. The predicted octanol–water partition coefficient (Wildman–Crippen LogP) is 4.53. The molecule has 5 nitrogen and oxygen atoms in total. The third-order valence-electron chi connectivity index (χ3n) is 3.30. The molecule has 128 valence electrons. The Bertz CT molecular complexity index is 713. The van der Waals surface area contributed by atoms with Gasteiger partial charge in [0, 0.05) is 25.1 Å². The minimum atomic E-state index is -0.462. The highest BCUT2D eigenvalue weighted by Crippen LogP contribution is 2.27. The number of carbonyl (C=O) groups is 1. The number of hydrogen-bond donors (Lipinski definition) is 0. The molecular formula is C18H22N2O3S. The predicted molar refractivity (Wildman–Crippen MR) is 95.6 cm³/mol. The van der Waals surface area contributed by atoms with Gasteiger partial charge in [-0.2, -0.15) is 0 Å². The van der Waals surface area contributed by atoms with Crippen LogP contribution in [0.4, 0.5) is 4.79 Å². The molecule has 0 aliphatic heterocycles. The highest BCUT2D eigenvalue weighted by Gasteiger charge is 2.17. The minimum absolute atomic E-state index is 0.00637. The molecule has 0 aliphatic carbocycles. The monoisotopic (exact) mass is 346 g/mol. The van der Waals surface area contributed by atoms with Crippen LogP contribution in [0.5, 0.6) is 11.6 Å². The third kappa shape index (κ3) is 4.89. The lowest BCUT2D eigenvalue weighted by Gasteiger charge is -2.20. The van der Waals surface area contributed by atoms with Crippen LogP contribution in [0, 0.1) is 0 Å². The Morgan fingerprint density at radius 1 is 1.17 bits per heavy atom. The maximum atomic E-state index is 12.3. The standard InChI is InChI=1S/C18H22N2O3S/c1-18(2,3)13-8-6-9-14(12-13)23-17(21)20(4)24-16-11-7-10-15(19-16)22-5/h6-12H,1-5H3. The first-order chi connectivity index (χ1) is 11.3. The van der Waals surface area contributed by atoms with Crippen molar-refractivity contribution in [2.45, 2.75) is 31.2 Å². The summed E-state index contributed by atoms with van der Waals surface area (Å²) in [6.45, 7) is 6.35. The smallest absolute Gasteiger partial charge is 0.425 e. The summed E-state index contributed by atoms with van der Waals surface area (Å²) in [6, 6.07) is 12.9. The Balaban J connectivity index is 2.03. The number of hydrogen-bond acceptors (Lipinski definition) is 5. The highest BCUT2D eigenvalue weighted by molar-refractivity contribution is 7.97. The van der Waals surface area contributed by atoms with Crippen molar-refractivity contribution in [2.24, 2.45) is 0 Å². The quantitative estimate of drug-likeness (QED) is 0.762. The molecule has 24 heavy (non-hydrogen) atoms. The van der Waals surface area contributed by atoms with E-state index in [0.717, 1.165) is 5.56 Å². The van der Waals surface area contributed by atoms with Crippen molar-refractivity contribution < 1.29 is 14.3 Å². The van der Waals surface area contributed by atoms with Gasteiger partial charge in [-0.3, -0.25) is 0 Å². The summed E-state index contributed by atoms with van der Waals surface area (Å²) in [7, 11) is 3.19. The second-order valence-corrected chi connectivity index (χ2v) is 7.40. The van der Waals surface area contributed by atoms with Crippen molar-refractivity contribution in [3.8, 4) is 11.6 Å². The Hall–Kier alpha value is -2.21. The summed E-state index contributed by atoms with van der Waals surface area (Å²) >= 11 is 1.18. The average molecular weight is 346 g/mol. The fraction of sp³-hybridized carbons (Fsp3) is 0.333. The molecule has 0 saturated heterocycles. The van der Waals surface area contributed by atoms with Gasteiger partial charge in [0.05, 0.1) is 7.11 Å². The molecule has 1 heterocycles. The fourth-order valence-corrected chi connectivity index (χ4v) is 2.59. The van der Waals surface area contributed by atoms with Crippen LogP contribution in [0.3, 0.4) is 0 Å². The Labute approximate surface area is 147 Å². The van der Waals surface area contributed by atoms with E-state index >= 15 is 0 Å². The van der Waals surface area contributed by atoms with E-state index in [1.54, 1.807) is 32.4 Å². The number of rotatable bonds is 4. The van der Waals surface area contributed by atoms with Crippen LogP contribution in [-0.2, 0) is 5.41 Å². The molecule has 0 saturated carbocycles. The zero-order valence-corrected chi connectivity index (χ0v) is 15.4. The second-order valence-electron chi connectivity index (χ2n) is 6.25. The van der Waals surface area contributed by atoms with Crippen molar-refractivity contribution in [3.63, 3.8) is 0 Å². The van der Waals surface area contributed by atoms with E-state index in [2.05, 4.69) is 25.8 Å². The molecular weight excluding hydrogens is 324 g/mol. The Kier molecular flexibility index (Phi) is 5.72. The topological polar surface area (TPSA) is 51.7 Å². The number of amides is 1. The largest absolute Gasteiger partial charge is 0.481 e. The lowest BCUT2D eigenvalue weighted by Crippen LogP contribution is -2.23. The van der Waals surface area contributed by atoms with E-state index in [4.69, 9.17) is 9.47 Å². The van der Waals surface area contributed by atoms with Gasteiger partial charge < -0.3 is 9.47 Å². The van der Waals surface area contributed by atoms with E-state index in [1.165, 1.54) is 16.3 Å². The minimum Gasteiger partial charge on any atom is -0.481 e. The van der Waals surface area contributed by atoms with E-state index in [-0.39, 0.29) is 5.41 Å². The van der Waals surface area contributed by atoms with Crippen molar-refractivity contribution in [2.75, 3.05) is 14.2 Å². The molecule has 0 spiro atoms. The molecule has 1 amide bonds. The SMILES string of the molecule is COc1cccc(SN(C)C(=O)Oc2cccc(C(C)(C)C)c2)n1. The van der Waals surface area contributed by atoms with E-state index < -0.39 is 6.09 Å². The molecule has 0 bridgehead atoms. The van der Waals surface area contributed by atoms with Gasteiger partial charge >= 0.3 is 6.09 Å². The summed E-state index contributed by atoms with van der Waals surface area (Å²) in [4.78, 5) is 16.5. The van der Waals surface area contributed by atoms with Gasteiger partial charge in [0.1, 0.15) is 10.8 Å². The van der Waals surface area contributed by atoms with Crippen LogP contribution < -0.4 is 9.47 Å². The third-order valence-corrected chi connectivity index (χ3v) is 4.14. The molecule has 2 rings (SSSR count). The first-order valence-electron chi connectivity index (χ1n) is 7.54. The number of benzene rings is 1. The molecule has 1 aromatic heterocycles. The van der Waals surface area contributed by atoms with Gasteiger partial charge in [-0.25, -0.2) is 14.1 Å². The molecule has 0 radical (unpaired) electrons. The zero-order chi connectivity index (χ0) is 17.7. The lowest BCUT2D eigenvalue weighted by atomic mass is 9.87. The number of methoxy groups -OCH3 is 1. The average Bonchev–Trinajstić information content (AvgIpc) is 2.54.